The largest absolute Gasteiger partial charge is 0.472 e. The Morgan fingerprint density at radius 3 is 1.04 bits per heavy atom. The summed E-state index contributed by atoms with van der Waals surface area (Å²) in [5.74, 6) is -1.02. The Hall–Kier alpha value is -2.11. The average Bonchev–Trinajstić information content (AvgIpc) is 3.36. The molecule has 0 heterocycles. The Kier molecular flexibility index (Phi) is 52.6. The molecular formula is C59H109O11P. The van der Waals surface area contributed by atoms with Crippen LogP contribution in [0.5, 0.6) is 0 Å². The minimum absolute atomic E-state index is 0.123. The van der Waals surface area contributed by atoms with E-state index >= 15 is 0 Å². The minimum Gasteiger partial charge on any atom is -0.462 e. The molecule has 0 aliphatic rings. The second-order valence-electron chi connectivity index (χ2n) is 19.8. The maximum Gasteiger partial charge on any atom is 0.472 e. The van der Waals surface area contributed by atoms with Crippen LogP contribution >= 0.6 is 7.82 Å². The third-order valence-electron chi connectivity index (χ3n) is 12.8. The van der Waals surface area contributed by atoms with Crippen LogP contribution in [0, 0.1) is 0 Å². The van der Waals surface area contributed by atoms with Crippen molar-refractivity contribution in [1.29, 1.82) is 0 Å². The van der Waals surface area contributed by atoms with Crippen LogP contribution in [0.25, 0.3) is 0 Å². The van der Waals surface area contributed by atoms with E-state index in [2.05, 4.69) is 62.5 Å². The van der Waals surface area contributed by atoms with E-state index in [1.807, 2.05) is 0 Å². The summed E-state index contributed by atoms with van der Waals surface area (Å²) in [6.07, 6.45) is 60.1. The van der Waals surface area contributed by atoms with Gasteiger partial charge >= 0.3 is 19.8 Å². The number of phosphoric acid groups is 1. The zero-order valence-electron chi connectivity index (χ0n) is 45.6. The summed E-state index contributed by atoms with van der Waals surface area (Å²) >= 11 is 0. The van der Waals surface area contributed by atoms with Crippen molar-refractivity contribution >= 4 is 19.8 Å². The molecule has 0 rings (SSSR count). The average molecular weight is 1030 g/mol. The maximum atomic E-state index is 12.8. The molecule has 0 radical (unpaired) electrons. The van der Waals surface area contributed by atoms with E-state index in [9.17, 15) is 29.3 Å². The highest BCUT2D eigenvalue weighted by molar-refractivity contribution is 7.47. The fourth-order valence-electron chi connectivity index (χ4n) is 8.14. The summed E-state index contributed by atoms with van der Waals surface area (Å²) in [4.78, 5) is 35.4. The molecule has 0 aromatic rings. The van der Waals surface area contributed by atoms with Crippen LogP contribution in [0.2, 0.25) is 0 Å². The number of carbonyl (C=O) groups is 2. The fourth-order valence-corrected chi connectivity index (χ4v) is 8.91. The van der Waals surface area contributed by atoms with Crippen LogP contribution in [-0.4, -0.2) is 76.9 Å². The highest BCUT2D eigenvalue weighted by Crippen LogP contribution is 2.43. The molecule has 0 aromatic carbocycles. The summed E-state index contributed by atoms with van der Waals surface area (Å²) in [5, 5.41) is 28.3. The van der Waals surface area contributed by atoms with Gasteiger partial charge in [-0.2, -0.15) is 0 Å². The van der Waals surface area contributed by atoms with Crippen LogP contribution in [0.3, 0.4) is 0 Å². The first-order valence-corrected chi connectivity index (χ1v) is 30.7. The zero-order chi connectivity index (χ0) is 52.0. The third kappa shape index (κ3) is 52.6. The van der Waals surface area contributed by atoms with Gasteiger partial charge in [-0.25, -0.2) is 4.57 Å². The highest BCUT2D eigenvalue weighted by Gasteiger charge is 2.28. The smallest absolute Gasteiger partial charge is 0.462 e. The molecule has 0 aliphatic heterocycles. The van der Waals surface area contributed by atoms with Gasteiger partial charge in [-0.05, 0) is 116 Å². The van der Waals surface area contributed by atoms with Crippen molar-refractivity contribution in [3.8, 4) is 0 Å². The van der Waals surface area contributed by atoms with E-state index < -0.39 is 57.9 Å². The molecule has 0 bridgehead atoms. The lowest BCUT2D eigenvalue weighted by Gasteiger charge is -2.21. The Balaban J connectivity index is 4.27. The summed E-state index contributed by atoms with van der Waals surface area (Å²) in [5.41, 5.74) is 0. The van der Waals surface area contributed by atoms with Gasteiger partial charge in [0.05, 0.1) is 19.8 Å². The van der Waals surface area contributed by atoms with Crippen molar-refractivity contribution in [2.24, 2.45) is 0 Å². The van der Waals surface area contributed by atoms with E-state index in [1.54, 1.807) is 0 Å². The molecule has 0 aliphatic carbocycles. The molecule has 12 heteroatoms. The quantitative estimate of drug-likeness (QED) is 0.0198. The second kappa shape index (κ2) is 54.2. The van der Waals surface area contributed by atoms with E-state index in [-0.39, 0.29) is 19.4 Å². The zero-order valence-corrected chi connectivity index (χ0v) is 46.5. The van der Waals surface area contributed by atoms with E-state index in [0.29, 0.717) is 12.8 Å². The van der Waals surface area contributed by atoms with Crippen LogP contribution in [0.15, 0.2) is 48.6 Å². The molecule has 0 saturated carbocycles. The molecule has 11 nitrogen and oxygen atoms in total. The fraction of sp³-hybridized carbons (Fsp3) is 0.831. The highest BCUT2D eigenvalue weighted by atomic mass is 31.2. The molecule has 71 heavy (non-hydrogen) atoms. The summed E-state index contributed by atoms with van der Waals surface area (Å²) < 4.78 is 33.1. The number of esters is 2. The number of phosphoric ester groups is 1. The lowest BCUT2D eigenvalue weighted by molar-refractivity contribution is -0.161. The van der Waals surface area contributed by atoms with Gasteiger partial charge in [-0.15, -0.1) is 0 Å². The molecule has 0 amide bonds. The number of unbranched alkanes of at least 4 members (excludes halogenated alkanes) is 32. The summed E-state index contributed by atoms with van der Waals surface area (Å²) in [6, 6.07) is 0. The van der Waals surface area contributed by atoms with Crippen LogP contribution in [0.4, 0.5) is 0 Å². The summed E-state index contributed by atoms with van der Waals surface area (Å²) in [7, 11) is -4.76. The predicted molar refractivity (Wildman–Crippen MR) is 294 cm³/mol. The van der Waals surface area contributed by atoms with Crippen molar-refractivity contribution in [2.45, 2.75) is 289 Å². The van der Waals surface area contributed by atoms with E-state index in [4.69, 9.17) is 23.6 Å². The number of aliphatic hydroxyl groups excluding tert-OH is 3. The van der Waals surface area contributed by atoms with Gasteiger partial charge < -0.3 is 29.7 Å². The molecule has 1 unspecified atom stereocenters. The molecule has 0 saturated heterocycles. The lowest BCUT2D eigenvalue weighted by atomic mass is 10.1. The lowest BCUT2D eigenvalue weighted by Crippen LogP contribution is -2.33. The summed E-state index contributed by atoms with van der Waals surface area (Å²) in [6.45, 7) is 2.00. The van der Waals surface area contributed by atoms with Crippen LogP contribution in [0.1, 0.15) is 271 Å². The number of rotatable bonds is 55. The van der Waals surface area contributed by atoms with Gasteiger partial charge in [0.1, 0.15) is 18.8 Å². The van der Waals surface area contributed by atoms with E-state index in [1.165, 1.54) is 193 Å². The van der Waals surface area contributed by atoms with Crippen molar-refractivity contribution in [2.75, 3.05) is 26.4 Å². The third-order valence-corrected chi connectivity index (χ3v) is 13.7. The van der Waals surface area contributed by atoms with Gasteiger partial charge in [0.15, 0.2) is 6.10 Å². The molecule has 0 aromatic heterocycles. The second-order valence-corrected chi connectivity index (χ2v) is 21.2. The molecular weight excluding hydrogens is 916 g/mol. The number of carbonyl (C=O) groups excluding carboxylic acids is 2. The Bertz CT molecular complexity index is 1330. The maximum absolute atomic E-state index is 12.8. The van der Waals surface area contributed by atoms with Gasteiger partial charge in [0.2, 0.25) is 0 Å². The van der Waals surface area contributed by atoms with Gasteiger partial charge in [0.25, 0.3) is 0 Å². The first-order valence-electron chi connectivity index (χ1n) is 29.2. The number of hydrogen-bond acceptors (Lipinski definition) is 10. The first kappa shape index (κ1) is 68.9. The van der Waals surface area contributed by atoms with Crippen molar-refractivity contribution in [3.63, 3.8) is 0 Å². The Morgan fingerprint density at radius 1 is 0.408 bits per heavy atom. The van der Waals surface area contributed by atoms with E-state index in [0.717, 1.165) is 38.5 Å². The number of hydrogen-bond donors (Lipinski definition) is 4. The standard InChI is InChI=1S/C59H109O11P/c1-3-5-7-9-11-13-15-17-19-21-23-25-27-29-31-33-35-37-39-41-43-45-47-49-58(63)67-52-55(53-68-71(65,66)69-54-57(62)56(61)51-60)70-59(64)50-48-46-44-42-40-38-36-34-32-30-28-26-24-22-20-18-16-14-12-10-8-6-4-2/h15-18,39-42,55-57,60-62H,3-14,19-38,43-54H2,1-2H3,(H,65,66)/b17-15?,18-16-,41-39?,42-40-/t55-,56-,57-/m1/s1. The SMILES string of the molecule is CCCCCCCC=CCCCCCCCCCCC=CCCCCC(=O)OC[C@H](COP(=O)(O)OC[C@@H](O)[C@H](O)CO)OC(=O)CCCC/C=C\CCCCCCCCCC/C=C\CCCCCCC. The number of ether oxygens (including phenoxy) is 2. The number of allylic oxidation sites excluding steroid dienone is 8. The first-order chi connectivity index (χ1) is 34.6. The molecule has 0 spiro atoms. The van der Waals surface area contributed by atoms with Crippen LogP contribution < -0.4 is 0 Å². The van der Waals surface area contributed by atoms with Crippen molar-refractivity contribution in [3.05, 3.63) is 48.6 Å². The van der Waals surface area contributed by atoms with Crippen molar-refractivity contribution in [1.82, 2.24) is 0 Å². The molecule has 416 valence electrons. The van der Waals surface area contributed by atoms with Gasteiger partial charge in [0, 0.05) is 12.8 Å². The molecule has 0 fully saturated rings. The van der Waals surface area contributed by atoms with Crippen LogP contribution in [-0.2, 0) is 32.7 Å². The minimum atomic E-state index is -4.76. The normalized spacial score (nSPS) is 14.3. The molecule has 4 atom stereocenters. The van der Waals surface area contributed by atoms with Gasteiger partial charge in [-0.3, -0.25) is 18.6 Å². The Labute approximate surface area is 435 Å². The molecule has 4 N–H and O–H groups in total. The van der Waals surface area contributed by atoms with Crippen molar-refractivity contribution < 1.29 is 52.9 Å². The monoisotopic (exact) mass is 1020 g/mol. The Morgan fingerprint density at radius 2 is 0.704 bits per heavy atom. The predicted octanol–water partition coefficient (Wildman–Crippen LogP) is 16.2. The number of aliphatic hydroxyl groups is 3. The topological polar surface area (TPSA) is 169 Å². The van der Waals surface area contributed by atoms with Gasteiger partial charge in [-0.1, -0.05) is 191 Å².